The van der Waals surface area contributed by atoms with Crippen LogP contribution in [0.15, 0.2) is 53.9 Å². The average molecular weight is 295 g/mol. The van der Waals surface area contributed by atoms with Gasteiger partial charge < -0.3 is 11.1 Å². The summed E-state index contributed by atoms with van der Waals surface area (Å²) in [7, 11) is 0. The van der Waals surface area contributed by atoms with Gasteiger partial charge in [0.05, 0.1) is 5.69 Å². The van der Waals surface area contributed by atoms with E-state index in [1.807, 2.05) is 29.6 Å². The summed E-state index contributed by atoms with van der Waals surface area (Å²) in [4.78, 5) is 4.61. The van der Waals surface area contributed by atoms with Crippen molar-refractivity contribution in [2.75, 3.05) is 11.1 Å². The number of thiazole rings is 1. The monoisotopic (exact) mass is 295 g/mol. The molecular formula is C17H17N3S. The maximum absolute atomic E-state index is 5.71. The number of anilines is 3. The zero-order chi connectivity index (χ0) is 14.7. The largest absolute Gasteiger partial charge is 0.399 e. The minimum Gasteiger partial charge on any atom is -0.399 e. The molecule has 3 nitrogen and oxygen atoms in total. The van der Waals surface area contributed by atoms with Crippen molar-refractivity contribution in [2.45, 2.75) is 13.3 Å². The number of hydrogen-bond acceptors (Lipinski definition) is 4. The maximum Gasteiger partial charge on any atom is 0.187 e. The van der Waals surface area contributed by atoms with Crippen LogP contribution in [0.5, 0.6) is 0 Å². The zero-order valence-corrected chi connectivity index (χ0v) is 12.7. The molecule has 3 rings (SSSR count). The highest BCUT2D eigenvalue weighted by atomic mass is 32.1. The summed E-state index contributed by atoms with van der Waals surface area (Å²) < 4.78 is 0. The molecule has 0 saturated heterocycles. The Kier molecular flexibility index (Phi) is 3.88. The Labute approximate surface area is 128 Å². The lowest BCUT2D eigenvalue weighted by atomic mass is 10.1. The summed E-state index contributed by atoms with van der Waals surface area (Å²) in [6, 6.07) is 16.2. The van der Waals surface area contributed by atoms with Gasteiger partial charge in [-0.1, -0.05) is 31.2 Å². The highest BCUT2D eigenvalue weighted by Crippen LogP contribution is 2.27. The summed E-state index contributed by atoms with van der Waals surface area (Å²) in [5, 5.41) is 6.28. The van der Waals surface area contributed by atoms with Crippen LogP contribution in [0.1, 0.15) is 12.5 Å². The molecule has 2 aromatic carbocycles. The van der Waals surface area contributed by atoms with Crippen molar-refractivity contribution in [3.8, 4) is 11.3 Å². The molecule has 1 heterocycles. The number of aromatic nitrogens is 1. The maximum atomic E-state index is 5.71. The number of nitrogens with one attached hydrogen (secondary N) is 1. The van der Waals surface area contributed by atoms with E-state index in [2.05, 4.69) is 41.5 Å². The molecule has 1 aromatic heterocycles. The van der Waals surface area contributed by atoms with Crippen molar-refractivity contribution in [1.29, 1.82) is 0 Å². The number of benzene rings is 2. The van der Waals surface area contributed by atoms with Crippen molar-refractivity contribution in [3.63, 3.8) is 0 Å². The van der Waals surface area contributed by atoms with Crippen LogP contribution < -0.4 is 11.1 Å². The molecule has 0 saturated carbocycles. The van der Waals surface area contributed by atoms with Crippen molar-refractivity contribution in [3.05, 3.63) is 59.5 Å². The zero-order valence-electron chi connectivity index (χ0n) is 11.8. The molecule has 0 spiro atoms. The third kappa shape index (κ3) is 3.23. The number of nitrogens with zero attached hydrogens (tertiary/aromatic N) is 1. The van der Waals surface area contributed by atoms with E-state index < -0.39 is 0 Å². The lowest BCUT2D eigenvalue weighted by Gasteiger charge is -2.03. The Morgan fingerprint density at radius 1 is 1.05 bits per heavy atom. The molecule has 0 aliphatic rings. The molecule has 0 aliphatic carbocycles. The van der Waals surface area contributed by atoms with E-state index in [1.54, 1.807) is 11.3 Å². The first-order valence-corrected chi connectivity index (χ1v) is 7.80. The molecule has 0 atom stereocenters. The van der Waals surface area contributed by atoms with E-state index in [0.29, 0.717) is 0 Å². The normalized spacial score (nSPS) is 10.5. The molecule has 3 N–H and O–H groups in total. The van der Waals surface area contributed by atoms with Crippen molar-refractivity contribution in [1.82, 2.24) is 4.98 Å². The van der Waals surface area contributed by atoms with Gasteiger partial charge in [-0.05, 0) is 36.2 Å². The Bertz CT molecular complexity index is 715. The van der Waals surface area contributed by atoms with Crippen LogP contribution in [0.25, 0.3) is 11.3 Å². The topological polar surface area (TPSA) is 50.9 Å². The summed E-state index contributed by atoms with van der Waals surface area (Å²) >= 11 is 1.60. The molecule has 3 aromatic rings. The van der Waals surface area contributed by atoms with Gasteiger partial charge in [-0.15, -0.1) is 11.3 Å². The van der Waals surface area contributed by atoms with Gasteiger partial charge in [-0.2, -0.15) is 0 Å². The minimum absolute atomic E-state index is 0.767. The van der Waals surface area contributed by atoms with E-state index in [9.17, 15) is 0 Å². The standard InChI is InChI=1S/C17H17N3S/c1-2-12-3-9-15(10-4-12)19-17-20-16(11-21-17)13-5-7-14(18)8-6-13/h3-11H,2,18H2,1H3,(H,19,20). The molecule has 0 bridgehead atoms. The fourth-order valence-electron chi connectivity index (χ4n) is 2.06. The summed E-state index contributed by atoms with van der Waals surface area (Å²) in [6.45, 7) is 2.15. The van der Waals surface area contributed by atoms with Gasteiger partial charge in [0.2, 0.25) is 0 Å². The lowest BCUT2D eigenvalue weighted by Crippen LogP contribution is -1.90. The van der Waals surface area contributed by atoms with Crippen LogP contribution in [-0.2, 0) is 6.42 Å². The second-order valence-corrected chi connectivity index (χ2v) is 5.69. The molecule has 106 valence electrons. The van der Waals surface area contributed by atoms with Gasteiger partial charge in [0.1, 0.15) is 0 Å². The third-order valence-corrected chi connectivity index (χ3v) is 4.08. The van der Waals surface area contributed by atoms with Gasteiger partial charge >= 0.3 is 0 Å². The lowest BCUT2D eigenvalue weighted by molar-refractivity contribution is 1.14. The Balaban J connectivity index is 1.76. The van der Waals surface area contributed by atoms with Gasteiger partial charge in [0.15, 0.2) is 5.13 Å². The SMILES string of the molecule is CCc1ccc(Nc2nc(-c3ccc(N)cc3)cs2)cc1. The molecule has 0 fully saturated rings. The Morgan fingerprint density at radius 3 is 2.43 bits per heavy atom. The van der Waals surface area contributed by atoms with E-state index in [0.717, 1.165) is 34.2 Å². The van der Waals surface area contributed by atoms with Crippen LogP contribution in [0.2, 0.25) is 0 Å². The third-order valence-electron chi connectivity index (χ3n) is 3.32. The van der Waals surface area contributed by atoms with Gasteiger partial charge in [0, 0.05) is 22.3 Å². The van der Waals surface area contributed by atoms with E-state index in [-0.39, 0.29) is 0 Å². The highest BCUT2D eigenvalue weighted by molar-refractivity contribution is 7.14. The number of nitrogen functional groups attached to an aromatic ring is 1. The summed E-state index contributed by atoms with van der Waals surface area (Å²) in [5.41, 5.74) is 10.9. The predicted octanol–water partition coefficient (Wildman–Crippen LogP) is 4.70. The van der Waals surface area contributed by atoms with Gasteiger partial charge in [-0.3, -0.25) is 0 Å². The predicted molar refractivity (Wildman–Crippen MR) is 91.1 cm³/mol. The molecule has 0 aliphatic heterocycles. The number of nitrogens with two attached hydrogens (primary N) is 1. The fourth-order valence-corrected chi connectivity index (χ4v) is 2.80. The van der Waals surface area contributed by atoms with Crippen LogP contribution in [0.3, 0.4) is 0 Å². The van der Waals surface area contributed by atoms with Crippen LogP contribution in [0.4, 0.5) is 16.5 Å². The quantitative estimate of drug-likeness (QED) is 0.686. The van der Waals surface area contributed by atoms with Crippen molar-refractivity contribution in [2.24, 2.45) is 0 Å². The second-order valence-electron chi connectivity index (χ2n) is 4.84. The van der Waals surface area contributed by atoms with E-state index >= 15 is 0 Å². The molecule has 21 heavy (non-hydrogen) atoms. The van der Waals surface area contributed by atoms with Crippen molar-refractivity contribution >= 4 is 27.8 Å². The fraction of sp³-hybridized carbons (Fsp3) is 0.118. The number of hydrogen-bond donors (Lipinski definition) is 2. The smallest absolute Gasteiger partial charge is 0.187 e. The first kappa shape index (κ1) is 13.6. The van der Waals surface area contributed by atoms with E-state index in [1.165, 1.54) is 5.56 Å². The molecule has 0 radical (unpaired) electrons. The average Bonchev–Trinajstić information content (AvgIpc) is 2.97. The minimum atomic E-state index is 0.767. The first-order chi connectivity index (χ1) is 10.2. The molecular weight excluding hydrogens is 278 g/mol. The molecule has 4 heteroatoms. The van der Waals surface area contributed by atoms with Gasteiger partial charge in [0.25, 0.3) is 0 Å². The van der Waals surface area contributed by atoms with Crippen LogP contribution in [-0.4, -0.2) is 4.98 Å². The van der Waals surface area contributed by atoms with E-state index in [4.69, 9.17) is 5.73 Å². The summed E-state index contributed by atoms with van der Waals surface area (Å²) in [5.74, 6) is 0. The second kappa shape index (κ2) is 5.97. The molecule has 0 amide bonds. The Morgan fingerprint density at radius 2 is 1.76 bits per heavy atom. The number of aryl methyl sites for hydroxylation is 1. The van der Waals surface area contributed by atoms with Crippen molar-refractivity contribution < 1.29 is 0 Å². The van der Waals surface area contributed by atoms with Gasteiger partial charge in [-0.25, -0.2) is 4.98 Å². The van der Waals surface area contributed by atoms with Crippen LogP contribution in [0, 0.1) is 0 Å². The van der Waals surface area contributed by atoms with Crippen LogP contribution >= 0.6 is 11.3 Å². The molecule has 0 unspecified atom stereocenters. The summed E-state index contributed by atoms with van der Waals surface area (Å²) in [6.07, 6.45) is 1.05. The highest BCUT2D eigenvalue weighted by Gasteiger charge is 2.04. The Hall–Kier alpha value is -2.33. The number of rotatable bonds is 4. The first-order valence-electron chi connectivity index (χ1n) is 6.92.